The average Bonchev–Trinajstić information content (AvgIpc) is 2.72. The van der Waals surface area contributed by atoms with Gasteiger partial charge in [0, 0.05) is 33.5 Å². The molecule has 0 amide bonds. The standard InChI is InChI=1S/C15H20BrNOS/c1-3-17-13-8-15(7-10(2)19-9-15)18-14-5-4-11(16)6-12(13)14/h4-6,10,13,17H,3,7-9H2,1-2H3. The molecule has 2 aliphatic heterocycles. The van der Waals surface area contributed by atoms with Crippen LogP contribution in [0.4, 0.5) is 0 Å². The molecule has 0 aliphatic carbocycles. The molecule has 2 aliphatic rings. The van der Waals surface area contributed by atoms with Gasteiger partial charge in [-0.1, -0.05) is 29.8 Å². The predicted octanol–water partition coefficient (Wildman–Crippen LogP) is 4.15. The van der Waals surface area contributed by atoms with Gasteiger partial charge in [-0.3, -0.25) is 0 Å². The lowest BCUT2D eigenvalue weighted by atomic mass is 9.85. The van der Waals surface area contributed by atoms with E-state index >= 15 is 0 Å². The first-order valence-electron chi connectivity index (χ1n) is 6.95. The summed E-state index contributed by atoms with van der Waals surface area (Å²) < 4.78 is 7.53. The van der Waals surface area contributed by atoms with Gasteiger partial charge in [0.15, 0.2) is 0 Å². The second-order valence-corrected chi connectivity index (χ2v) is 7.95. The molecular weight excluding hydrogens is 322 g/mol. The molecule has 104 valence electrons. The highest BCUT2D eigenvalue weighted by Crippen LogP contribution is 2.48. The molecule has 1 fully saturated rings. The van der Waals surface area contributed by atoms with Crippen molar-refractivity contribution in [1.82, 2.24) is 5.32 Å². The van der Waals surface area contributed by atoms with Crippen molar-refractivity contribution >= 4 is 27.7 Å². The Balaban J connectivity index is 1.95. The Kier molecular flexibility index (Phi) is 3.84. The molecule has 0 aromatic heterocycles. The minimum atomic E-state index is 0.0394. The molecule has 1 N–H and O–H groups in total. The second-order valence-electron chi connectivity index (χ2n) is 5.61. The van der Waals surface area contributed by atoms with E-state index in [-0.39, 0.29) is 5.60 Å². The van der Waals surface area contributed by atoms with Gasteiger partial charge in [-0.25, -0.2) is 0 Å². The number of benzene rings is 1. The quantitative estimate of drug-likeness (QED) is 0.873. The molecule has 2 heterocycles. The van der Waals surface area contributed by atoms with Gasteiger partial charge >= 0.3 is 0 Å². The van der Waals surface area contributed by atoms with Crippen LogP contribution in [0.25, 0.3) is 0 Å². The van der Waals surface area contributed by atoms with Gasteiger partial charge in [0.25, 0.3) is 0 Å². The van der Waals surface area contributed by atoms with E-state index in [4.69, 9.17) is 4.74 Å². The van der Waals surface area contributed by atoms with Gasteiger partial charge in [0.2, 0.25) is 0 Å². The molecule has 3 rings (SSSR count). The molecule has 3 atom stereocenters. The normalized spacial score (nSPS) is 33.2. The Morgan fingerprint density at radius 1 is 1.47 bits per heavy atom. The Bertz CT molecular complexity index is 481. The zero-order valence-corrected chi connectivity index (χ0v) is 13.8. The number of hydrogen-bond donors (Lipinski definition) is 1. The summed E-state index contributed by atoms with van der Waals surface area (Å²) in [4.78, 5) is 0. The number of rotatable bonds is 2. The van der Waals surface area contributed by atoms with Crippen molar-refractivity contribution < 1.29 is 4.74 Å². The number of halogens is 1. The first-order valence-corrected chi connectivity index (χ1v) is 8.79. The van der Waals surface area contributed by atoms with E-state index in [1.807, 2.05) is 11.8 Å². The van der Waals surface area contributed by atoms with Crippen LogP contribution in [0.15, 0.2) is 22.7 Å². The van der Waals surface area contributed by atoms with Crippen LogP contribution < -0.4 is 10.1 Å². The SMILES string of the molecule is CCNC1CC2(CSC(C)C2)Oc2ccc(Br)cc21. The number of nitrogens with one attached hydrogen (secondary N) is 1. The fourth-order valence-electron chi connectivity index (χ4n) is 3.22. The molecule has 1 aromatic carbocycles. The van der Waals surface area contributed by atoms with Crippen LogP contribution in [0.5, 0.6) is 5.75 Å². The molecule has 2 nitrogen and oxygen atoms in total. The third kappa shape index (κ3) is 2.67. The van der Waals surface area contributed by atoms with Crippen LogP contribution >= 0.6 is 27.7 Å². The Labute approximate surface area is 127 Å². The lowest BCUT2D eigenvalue weighted by molar-refractivity contribution is 0.0516. The van der Waals surface area contributed by atoms with Gasteiger partial charge < -0.3 is 10.1 Å². The summed E-state index contributed by atoms with van der Waals surface area (Å²) in [7, 11) is 0. The molecule has 4 heteroatoms. The summed E-state index contributed by atoms with van der Waals surface area (Å²) in [6.45, 7) is 5.48. The summed E-state index contributed by atoms with van der Waals surface area (Å²) in [5.74, 6) is 2.18. The highest BCUT2D eigenvalue weighted by atomic mass is 79.9. The Hall–Kier alpha value is -0.190. The van der Waals surface area contributed by atoms with E-state index in [1.54, 1.807) is 0 Å². The van der Waals surface area contributed by atoms with Gasteiger partial charge in [-0.05, 0) is 31.2 Å². The molecule has 19 heavy (non-hydrogen) atoms. The molecular formula is C15H20BrNOS. The zero-order chi connectivity index (χ0) is 13.5. The van der Waals surface area contributed by atoms with Crippen molar-refractivity contribution in [2.75, 3.05) is 12.3 Å². The average molecular weight is 342 g/mol. The fraction of sp³-hybridized carbons (Fsp3) is 0.600. The molecule has 0 radical (unpaired) electrons. The molecule has 0 saturated carbocycles. The minimum Gasteiger partial charge on any atom is -0.486 e. The van der Waals surface area contributed by atoms with Crippen LogP contribution in [0.1, 0.15) is 38.3 Å². The lowest BCUT2D eigenvalue weighted by Crippen LogP contribution is -2.44. The van der Waals surface area contributed by atoms with E-state index in [9.17, 15) is 0 Å². The number of fused-ring (bicyclic) bond motifs is 1. The fourth-order valence-corrected chi connectivity index (χ4v) is 4.90. The van der Waals surface area contributed by atoms with E-state index in [0.29, 0.717) is 11.3 Å². The van der Waals surface area contributed by atoms with Crippen molar-refractivity contribution in [3.05, 3.63) is 28.2 Å². The first kappa shape index (κ1) is 13.8. The van der Waals surface area contributed by atoms with E-state index < -0.39 is 0 Å². The number of hydrogen-bond acceptors (Lipinski definition) is 3. The second kappa shape index (κ2) is 5.30. The maximum absolute atomic E-state index is 6.40. The van der Waals surface area contributed by atoms with Gasteiger partial charge in [-0.2, -0.15) is 11.8 Å². The maximum Gasteiger partial charge on any atom is 0.125 e. The van der Waals surface area contributed by atoms with Gasteiger partial charge in [0.1, 0.15) is 11.4 Å². The first-order chi connectivity index (χ1) is 9.12. The van der Waals surface area contributed by atoms with Crippen molar-refractivity contribution in [2.45, 2.75) is 43.6 Å². The Morgan fingerprint density at radius 2 is 2.32 bits per heavy atom. The minimum absolute atomic E-state index is 0.0394. The van der Waals surface area contributed by atoms with Crippen LogP contribution in [0, 0.1) is 0 Å². The predicted molar refractivity (Wildman–Crippen MR) is 85.1 cm³/mol. The molecule has 1 saturated heterocycles. The molecule has 3 unspecified atom stereocenters. The highest BCUT2D eigenvalue weighted by Gasteiger charge is 2.45. The third-order valence-electron chi connectivity index (χ3n) is 3.99. The molecule has 1 aromatic rings. The highest BCUT2D eigenvalue weighted by molar-refractivity contribution is 9.10. The monoisotopic (exact) mass is 341 g/mol. The van der Waals surface area contributed by atoms with E-state index in [0.717, 1.165) is 35.4 Å². The van der Waals surface area contributed by atoms with Crippen molar-refractivity contribution in [3.63, 3.8) is 0 Å². The lowest BCUT2D eigenvalue weighted by Gasteiger charge is -2.40. The van der Waals surface area contributed by atoms with Gasteiger partial charge in [0.05, 0.1) is 0 Å². The summed E-state index contributed by atoms with van der Waals surface area (Å²) in [6, 6.07) is 6.79. The van der Waals surface area contributed by atoms with Crippen LogP contribution in [0.3, 0.4) is 0 Å². The van der Waals surface area contributed by atoms with Crippen molar-refractivity contribution in [2.24, 2.45) is 0 Å². The smallest absolute Gasteiger partial charge is 0.125 e. The summed E-state index contributed by atoms with van der Waals surface area (Å²) >= 11 is 5.60. The van der Waals surface area contributed by atoms with Crippen LogP contribution in [-0.4, -0.2) is 23.1 Å². The molecule has 1 spiro atoms. The van der Waals surface area contributed by atoms with Crippen LogP contribution in [-0.2, 0) is 0 Å². The Morgan fingerprint density at radius 3 is 3.00 bits per heavy atom. The summed E-state index contributed by atoms with van der Waals surface area (Å²) in [5.41, 5.74) is 1.34. The topological polar surface area (TPSA) is 21.3 Å². The maximum atomic E-state index is 6.40. The summed E-state index contributed by atoms with van der Waals surface area (Å²) in [5, 5.41) is 4.33. The third-order valence-corrected chi connectivity index (χ3v) is 5.91. The summed E-state index contributed by atoms with van der Waals surface area (Å²) in [6.07, 6.45) is 2.25. The van der Waals surface area contributed by atoms with Crippen molar-refractivity contribution in [3.8, 4) is 5.75 Å². The molecule has 0 bridgehead atoms. The van der Waals surface area contributed by atoms with Gasteiger partial charge in [-0.15, -0.1) is 0 Å². The number of thioether (sulfide) groups is 1. The van der Waals surface area contributed by atoms with Crippen LogP contribution in [0.2, 0.25) is 0 Å². The van der Waals surface area contributed by atoms with E-state index in [1.165, 1.54) is 5.56 Å². The van der Waals surface area contributed by atoms with E-state index in [2.05, 4.69) is 53.3 Å². The zero-order valence-electron chi connectivity index (χ0n) is 11.4. The largest absolute Gasteiger partial charge is 0.486 e. The van der Waals surface area contributed by atoms with Crippen molar-refractivity contribution in [1.29, 1.82) is 0 Å². The number of ether oxygens (including phenoxy) is 1.